The van der Waals surface area contributed by atoms with Crippen molar-refractivity contribution >= 4 is 21.8 Å². The number of nitrogens with zero attached hydrogens (tertiary/aromatic N) is 3. The van der Waals surface area contributed by atoms with Gasteiger partial charge in [0, 0.05) is 24.8 Å². The number of benzene rings is 1. The Balaban J connectivity index is 1.46. The molecule has 8 nitrogen and oxygen atoms in total. The van der Waals surface area contributed by atoms with Gasteiger partial charge in [-0.05, 0) is 31.0 Å². The second kappa shape index (κ2) is 6.89. The molecule has 1 saturated heterocycles. The molecule has 0 aliphatic carbocycles. The molecule has 0 atom stereocenters. The van der Waals surface area contributed by atoms with E-state index < -0.39 is 39.9 Å². The quantitative estimate of drug-likeness (QED) is 0.740. The number of aromatic nitrogens is 1. The lowest BCUT2D eigenvalue weighted by Gasteiger charge is -2.38. The van der Waals surface area contributed by atoms with Crippen LogP contribution >= 0.6 is 0 Å². The first kappa shape index (κ1) is 19.5. The Hall–Kier alpha value is -2.85. The number of piperidine rings is 1. The number of halogens is 1. The molecule has 1 N–H and O–H groups in total. The summed E-state index contributed by atoms with van der Waals surface area (Å²) in [5.41, 5.74) is -1.35. The van der Waals surface area contributed by atoms with Crippen LogP contribution in [0.5, 0.6) is 0 Å². The molecule has 10 heteroatoms. The zero-order valence-corrected chi connectivity index (χ0v) is 16.1. The number of hydrogen-bond donors (Lipinski definition) is 1. The Morgan fingerprint density at radius 3 is 2.52 bits per heavy atom. The van der Waals surface area contributed by atoms with Crippen molar-refractivity contribution in [1.29, 1.82) is 0 Å². The van der Waals surface area contributed by atoms with Gasteiger partial charge in [-0.2, -0.15) is 4.39 Å². The van der Waals surface area contributed by atoms with Gasteiger partial charge < -0.3 is 10.0 Å². The minimum atomic E-state index is -4.07. The molecule has 152 valence electrons. The monoisotopic (exact) mass is 419 g/mol. The van der Waals surface area contributed by atoms with Gasteiger partial charge in [0.15, 0.2) is 0 Å². The van der Waals surface area contributed by atoms with Crippen LogP contribution in [0.4, 0.5) is 4.39 Å². The Bertz CT molecular complexity index is 1100. The van der Waals surface area contributed by atoms with E-state index in [0.29, 0.717) is 4.31 Å². The van der Waals surface area contributed by atoms with E-state index in [-0.39, 0.29) is 42.0 Å². The predicted molar refractivity (Wildman–Crippen MR) is 98.6 cm³/mol. The molecule has 0 spiro atoms. The van der Waals surface area contributed by atoms with Crippen LogP contribution in [0.2, 0.25) is 0 Å². The maximum absolute atomic E-state index is 13.9. The summed E-state index contributed by atoms with van der Waals surface area (Å²) in [5, 5.41) is 10.8. The normalized spacial score (nSPS) is 19.9. The number of rotatable bonds is 3. The summed E-state index contributed by atoms with van der Waals surface area (Å²) in [5.74, 6) is -2.05. The van der Waals surface area contributed by atoms with Gasteiger partial charge in [0.05, 0.1) is 11.2 Å². The third kappa shape index (κ3) is 3.18. The van der Waals surface area contributed by atoms with E-state index in [1.165, 1.54) is 41.4 Å². The third-order valence-corrected chi connectivity index (χ3v) is 7.18. The van der Waals surface area contributed by atoms with Crippen molar-refractivity contribution in [2.45, 2.75) is 23.3 Å². The molecule has 0 unspecified atom stereocenters. The molecule has 1 fully saturated rings. The first-order valence-corrected chi connectivity index (χ1v) is 10.5. The second-order valence-corrected chi connectivity index (χ2v) is 8.90. The van der Waals surface area contributed by atoms with E-state index >= 15 is 0 Å². The van der Waals surface area contributed by atoms with Gasteiger partial charge in [-0.1, -0.05) is 18.2 Å². The number of amides is 2. The highest BCUT2D eigenvalue weighted by molar-refractivity contribution is 7.90. The molecule has 2 aromatic rings. The van der Waals surface area contributed by atoms with Crippen molar-refractivity contribution in [3.8, 4) is 0 Å². The summed E-state index contributed by atoms with van der Waals surface area (Å²) in [4.78, 5) is 29.9. The minimum Gasteiger partial charge on any atom is -0.385 e. The van der Waals surface area contributed by atoms with Crippen LogP contribution in [0.1, 0.15) is 28.8 Å². The van der Waals surface area contributed by atoms with E-state index in [4.69, 9.17) is 0 Å². The lowest BCUT2D eigenvalue weighted by molar-refractivity contribution is -0.135. The van der Waals surface area contributed by atoms with Crippen LogP contribution in [-0.2, 0) is 20.4 Å². The Morgan fingerprint density at radius 1 is 1.17 bits per heavy atom. The van der Waals surface area contributed by atoms with E-state index in [1.807, 2.05) is 0 Å². The fraction of sp³-hybridized carbons (Fsp3) is 0.316. The van der Waals surface area contributed by atoms with Crippen LogP contribution in [0.25, 0.3) is 0 Å². The van der Waals surface area contributed by atoms with Crippen molar-refractivity contribution in [3.05, 3.63) is 59.7 Å². The van der Waals surface area contributed by atoms with Crippen molar-refractivity contribution in [2.75, 3.05) is 19.6 Å². The first-order chi connectivity index (χ1) is 13.7. The molecule has 0 radical (unpaired) electrons. The average molecular weight is 419 g/mol. The second-order valence-electron chi connectivity index (χ2n) is 7.07. The maximum Gasteiger partial charge on any atom is 0.269 e. The molecule has 0 saturated carbocycles. The average Bonchev–Trinajstić information content (AvgIpc) is 2.90. The van der Waals surface area contributed by atoms with Crippen molar-refractivity contribution < 1.29 is 27.5 Å². The van der Waals surface area contributed by atoms with Gasteiger partial charge in [-0.3, -0.25) is 9.59 Å². The van der Waals surface area contributed by atoms with Gasteiger partial charge in [0.1, 0.15) is 11.4 Å². The lowest BCUT2D eigenvalue weighted by Crippen LogP contribution is -2.49. The maximum atomic E-state index is 13.9. The smallest absolute Gasteiger partial charge is 0.269 e. The zero-order valence-electron chi connectivity index (χ0n) is 15.3. The van der Waals surface area contributed by atoms with Crippen molar-refractivity contribution in [2.24, 2.45) is 0 Å². The number of likely N-dealkylation sites (tertiary alicyclic amines) is 1. The molecule has 2 aliphatic rings. The summed E-state index contributed by atoms with van der Waals surface area (Å²) in [6.45, 7) is -0.424. The molecule has 29 heavy (non-hydrogen) atoms. The van der Waals surface area contributed by atoms with Crippen LogP contribution in [0.15, 0.2) is 47.5 Å². The molecule has 1 aromatic heterocycles. The Morgan fingerprint density at radius 2 is 1.86 bits per heavy atom. The van der Waals surface area contributed by atoms with Gasteiger partial charge in [-0.15, -0.1) is 0 Å². The van der Waals surface area contributed by atoms with Gasteiger partial charge in [-0.25, -0.2) is 17.7 Å². The zero-order chi connectivity index (χ0) is 20.8. The number of fused-ring (bicyclic) bond motifs is 1. The number of carbonyl (C=O) groups is 2. The summed E-state index contributed by atoms with van der Waals surface area (Å²) >= 11 is 0. The first-order valence-electron chi connectivity index (χ1n) is 9.01. The van der Waals surface area contributed by atoms with Crippen LogP contribution in [-0.4, -0.2) is 59.2 Å². The fourth-order valence-electron chi connectivity index (χ4n) is 3.74. The molecular weight excluding hydrogens is 401 g/mol. The Labute approximate surface area is 166 Å². The third-order valence-electron chi connectivity index (χ3n) is 5.39. The largest absolute Gasteiger partial charge is 0.385 e. The molecular formula is C19H18FN3O5S. The molecule has 3 heterocycles. The number of hydrogen-bond acceptors (Lipinski definition) is 6. The molecule has 4 rings (SSSR count). The SMILES string of the molecule is O=C(CN1C(=O)c2ccccc2S1(=O)=O)N1CCC(O)(c2cccnc2F)CC1. The Kier molecular flexibility index (Phi) is 4.62. The van der Waals surface area contributed by atoms with E-state index in [0.717, 1.165) is 0 Å². The van der Waals surface area contributed by atoms with Crippen LogP contribution in [0, 0.1) is 5.95 Å². The lowest BCUT2D eigenvalue weighted by atomic mass is 9.85. The highest BCUT2D eigenvalue weighted by atomic mass is 32.2. The summed E-state index contributed by atoms with van der Waals surface area (Å²) in [7, 11) is -4.07. The van der Waals surface area contributed by atoms with Gasteiger partial charge in [0.2, 0.25) is 11.9 Å². The standard InChI is InChI=1S/C19H18FN3O5S/c20-17-14(5-3-9-21-17)19(26)7-10-22(11-8-19)16(24)12-23-18(25)13-4-1-2-6-15(13)29(23,27)28/h1-6,9,26H,7-8,10-12H2. The van der Waals surface area contributed by atoms with Gasteiger partial charge in [0.25, 0.3) is 15.9 Å². The van der Waals surface area contributed by atoms with E-state index in [2.05, 4.69) is 4.98 Å². The highest BCUT2D eigenvalue weighted by Gasteiger charge is 2.43. The molecule has 1 aromatic carbocycles. The van der Waals surface area contributed by atoms with Gasteiger partial charge >= 0.3 is 0 Å². The minimum absolute atomic E-state index is 0.0420. The molecule has 2 aliphatic heterocycles. The van der Waals surface area contributed by atoms with E-state index in [9.17, 15) is 27.5 Å². The van der Waals surface area contributed by atoms with E-state index in [1.54, 1.807) is 6.07 Å². The summed E-state index contributed by atoms with van der Waals surface area (Å²) in [6.07, 6.45) is 1.43. The number of pyridine rings is 1. The van der Waals surface area contributed by atoms with Crippen LogP contribution < -0.4 is 0 Å². The molecule has 2 amide bonds. The number of carbonyl (C=O) groups excluding carboxylic acids is 2. The summed E-state index contributed by atoms with van der Waals surface area (Å²) < 4.78 is 39.7. The predicted octanol–water partition coefficient (Wildman–Crippen LogP) is 0.875. The number of sulfonamides is 1. The van der Waals surface area contributed by atoms with Crippen LogP contribution in [0.3, 0.4) is 0 Å². The topological polar surface area (TPSA) is 108 Å². The highest BCUT2D eigenvalue weighted by Crippen LogP contribution is 2.34. The van der Waals surface area contributed by atoms with Crippen molar-refractivity contribution in [3.63, 3.8) is 0 Å². The fourth-order valence-corrected chi connectivity index (χ4v) is 5.26. The summed E-state index contributed by atoms with van der Waals surface area (Å²) in [6, 6.07) is 8.78. The van der Waals surface area contributed by atoms with Crippen molar-refractivity contribution in [1.82, 2.24) is 14.2 Å². The molecule has 0 bridgehead atoms. The number of aliphatic hydroxyl groups is 1.